The first-order valence-corrected chi connectivity index (χ1v) is 22.7. The molecular formula is C64H38O2. The molecule has 0 aliphatic carbocycles. The number of benzene rings is 12. The van der Waals surface area contributed by atoms with Gasteiger partial charge in [-0.25, -0.2) is 0 Å². The molecular weight excluding hydrogens is 801 g/mol. The van der Waals surface area contributed by atoms with Crippen molar-refractivity contribution in [3.05, 3.63) is 231 Å². The average molecular weight is 839 g/mol. The third-order valence-electron chi connectivity index (χ3n) is 13.8. The summed E-state index contributed by atoms with van der Waals surface area (Å²) < 4.78 is 13.4. The number of hydrogen-bond donors (Lipinski definition) is 0. The molecule has 0 radical (unpaired) electrons. The fourth-order valence-electron chi connectivity index (χ4n) is 11.0. The number of para-hydroxylation sites is 1. The van der Waals surface area contributed by atoms with E-state index < -0.39 is 0 Å². The molecule has 0 saturated carbocycles. The Labute approximate surface area is 380 Å². The fourth-order valence-corrected chi connectivity index (χ4v) is 11.0. The van der Waals surface area contributed by atoms with Crippen molar-refractivity contribution in [2.24, 2.45) is 0 Å². The number of fused-ring (bicyclic) bond motifs is 10. The Hall–Kier alpha value is -8.72. The minimum Gasteiger partial charge on any atom is -0.456 e. The van der Waals surface area contributed by atoms with Crippen LogP contribution >= 0.6 is 0 Å². The Balaban J connectivity index is 0.970. The normalized spacial score (nSPS) is 11.9. The number of furan rings is 2. The van der Waals surface area contributed by atoms with Crippen LogP contribution in [0.2, 0.25) is 0 Å². The number of hydrogen-bond acceptors (Lipinski definition) is 2. The van der Waals surface area contributed by atoms with E-state index in [1.807, 2.05) is 0 Å². The lowest BCUT2D eigenvalue weighted by Gasteiger charge is -2.18. The van der Waals surface area contributed by atoms with E-state index in [0.717, 1.165) is 55.0 Å². The molecule has 0 bridgehead atoms. The quantitative estimate of drug-likeness (QED) is 0.161. The van der Waals surface area contributed by atoms with Gasteiger partial charge in [-0.1, -0.05) is 194 Å². The molecule has 14 aromatic rings. The van der Waals surface area contributed by atoms with Gasteiger partial charge in [-0.3, -0.25) is 0 Å². The molecule has 0 spiro atoms. The highest BCUT2D eigenvalue weighted by Crippen LogP contribution is 2.49. The molecule has 12 aromatic carbocycles. The van der Waals surface area contributed by atoms with Gasteiger partial charge in [0.2, 0.25) is 0 Å². The Kier molecular flexibility index (Phi) is 8.02. The van der Waals surface area contributed by atoms with Gasteiger partial charge in [-0.15, -0.1) is 0 Å². The molecule has 0 fully saturated rings. The first-order chi connectivity index (χ1) is 32.7. The Bertz CT molecular complexity index is 4150. The predicted molar refractivity (Wildman–Crippen MR) is 278 cm³/mol. The van der Waals surface area contributed by atoms with Crippen molar-refractivity contribution in [1.82, 2.24) is 0 Å². The summed E-state index contributed by atoms with van der Waals surface area (Å²) in [6, 6.07) is 83.4. The van der Waals surface area contributed by atoms with Gasteiger partial charge in [0.05, 0.1) is 0 Å². The summed E-state index contributed by atoms with van der Waals surface area (Å²) in [5.74, 6) is 0. The lowest BCUT2D eigenvalue weighted by atomic mass is 9.85. The highest BCUT2D eigenvalue weighted by atomic mass is 16.3. The van der Waals surface area contributed by atoms with Crippen molar-refractivity contribution in [3.8, 4) is 55.6 Å². The molecule has 0 aliphatic heterocycles. The van der Waals surface area contributed by atoms with Crippen LogP contribution in [0, 0.1) is 0 Å². The molecule has 0 unspecified atom stereocenters. The van der Waals surface area contributed by atoms with Crippen LogP contribution in [0.5, 0.6) is 0 Å². The highest BCUT2D eigenvalue weighted by Gasteiger charge is 2.23. The highest BCUT2D eigenvalue weighted by molar-refractivity contribution is 6.26. The monoisotopic (exact) mass is 838 g/mol. The van der Waals surface area contributed by atoms with E-state index in [1.54, 1.807) is 0 Å². The van der Waals surface area contributed by atoms with Gasteiger partial charge in [-0.2, -0.15) is 0 Å². The third kappa shape index (κ3) is 5.49. The van der Waals surface area contributed by atoms with Crippen LogP contribution in [0.1, 0.15) is 0 Å². The van der Waals surface area contributed by atoms with Gasteiger partial charge >= 0.3 is 0 Å². The molecule has 0 aliphatic rings. The number of rotatable bonds is 5. The van der Waals surface area contributed by atoms with Gasteiger partial charge in [0.25, 0.3) is 0 Å². The van der Waals surface area contributed by atoms with Crippen molar-refractivity contribution < 1.29 is 8.83 Å². The largest absolute Gasteiger partial charge is 0.456 e. The molecule has 2 aromatic heterocycles. The van der Waals surface area contributed by atoms with Crippen LogP contribution in [0.4, 0.5) is 0 Å². The second kappa shape index (κ2) is 14.4. The van der Waals surface area contributed by atoms with Crippen LogP contribution in [-0.2, 0) is 0 Å². The van der Waals surface area contributed by atoms with Crippen LogP contribution in [0.25, 0.3) is 143 Å². The van der Waals surface area contributed by atoms with E-state index in [4.69, 9.17) is 8.83 Å². The first kappa shape index (κ1) is 36.7. The van der Waals surface area contributed by atoms with Crippen LogP contribution < -0.4 is 0 Å². The van der Waals surface area contributed by atoms with Crippen molar-refractivity contribution in [1.29, 1.82) is 0 Å². The summed E-state index contributed by atoms with van der Waals surface area (Å²) in [4.78, 5) is 0. The minimum atomic E-state index is 0.872. The smallest absolute Gasteiger partial charge is 0.143 e. The maximum atomic E-state index is 7.00. The van der Waals surface area contributed by atoms with E-state index in [1.165, 1.54) is 87.6 Å². The van der Waals surface area contributed by atoms with Crippen LogP contribution in [-0.4, -0.2) is 0 Å². The lowest BCUT2D eigenvalue weighted by Crippen LogP contribution is -1.91. The summed E-state index contributed by atoms with van der Waals surface area (Å²) in [5, 5.41) is 14.1. The van der Waals surface area contributed by atoms with Gasteiger partial charge < -0.3 is 8.83 Å². The molecule has 2 heteroatoms. The zero-order valence-corrected chi connectivity index (χ0v) is 35.8. The second-order valence-corrected chi connectivity index (χ2v) is 17.4. The van der Waals surface area contributed by atoms with Gasteiger partial charge in [-0.05, 0) is 124 Å². The first-order valence-electron chi connectivity index (χ1n) is 22.7. The maximum Gasteiger partial charge on any atom is 0.143 e. The topological polar surface area (TPSA) is 26.3 Å². The molecule has 0 atom stereocenters. The SMILES string of the molecule is c1ccc(-c2ccc3oc4ccc(-c5c6ccccc6c(-c6cccc7c6oc6ccc(-c8c9ccccc9c(-c9ccccc9)c9ccccc89)cc67)c6ccccc56)cc4c3c2)cc1. The van der Waals surface area contributed by atoms with Gasteiger partial charge in [0.15, 0.2) is 0 Å². The van der Waals surface area contributed by atoms with Crippen molar-refractivity contribution in [2.45, 2.75) is 0 Å². The molecule has 306 valence electrons. The Morgan fingerprint density at radius 1 is 0.197 bits per heavy atom. The van der Waals surface area contributed by atoms with E-state index in [0.29, 0.717) is 0 Å². The fraction of sp³-hybridized carbons (Fsp3) is 0. The van der Waals surface area contributed by atoms with E-state index >= 15 is 0 Å². The Morgan fingerprint density at radius 2 is 0.545 bits per heavy atom. The molecule has 14 rings (SSSR count). The summed E-state index contributed by atoms with van der Waals surface area (Å²) in [7, 11) is 0. The van der Waals surface area contributed by atoms with E-state index in [9.17, 15) is 0 Å². The van der Waals surface area contributed by atoms with Gasteiger partial charge in [0, 0.05) is 32.7 Å². The van der Waals surface area contributed by atoms with Crippen LogP contribution in [0.15, 0.2) is 239 Å². The summed E-state index contributed by atoms with van der Waals surface area (Å²) >= 11 is 0. The zero-order valence-electron chi connectivity index (χ0n) is 35.8. The molecule has 66 heavy (non-hydrogen) atoms. The zero-order chi connectivity index (χ0) is 43.3. The van der Waals surface area contributed by atoms with Crippen molar-refractivity contribution in [3.63, 3.8) is 0 Å². The third-order valence-corrected chi connectivity index (χ3v) is 13.8. The summed E-state index contributed by atoms with van der Waals surface area (Å²) in [6.45, 7) is 0. The van der Waals surface area contributed by atoms with Gasteiger partial charge in [0.1, 0.15) is 22.3 Å². The molecule has 0 N–H and O–H groups in total. The average Bonchev–Trinajstić information content (AvgIpc) is 3.95. The molecule has 2 nitrogen and oxygen atoms in total. The molecule has 0 saturated heterocycles. The lowest BCUT2D eigenvalue weighted by molar-refractivity contribution is 0.669. The summed E-state index contributed by atoms with van der Waals surface area (Å²) in [5.41, 5.74) is 15.4. The maximum absolute atomic E-state index is 7.00. The second-order valence-electron chi connectivity index (χ2n) is 17.4. The van der Waals surface area contributed by atoms with Crippen molar-refractivity contribution in [2.75, 3.05) is 0 Å². The van der Waals surface area contributed by atoms with Crippen LogP contribution in [0.3, 0.4) is 0 Å². The predicted octanol–water partition coefficient (Wildman–Crippen LogP) is 18.4. The Morgan fingerprint density at radius 3 is 1.03 bits per heavy atom. The molecule has 0 amide bonds. The summed E-state index contributed by atoms with van der Waals surface area (Å²) in [6.07, 6.45) is 0. The van der Waals surface area contributed by atoms with Crippen molar-refractivity contribution >= 4 is 87.0 Å². The van der Waals surface area contributed by atoms with E-state index in [-0.39, 0.29) is 0 Å². The minimum absolute atomic E-state index is 0.872. The van der Waals surface area contributed by atoms with E-state index in [2.05, 4.69) is 231 Å². The standard InChI is InChI=1S/C64H38O2/c1-3-16-39(17-4-1)41-30-33-57-55(36-41)56-38-43(31-34-58(56)65-57)62-48-24-11-13-26-50(48)63(51-27-14-12-25-49(51)62)53-29-15-28-52-54-37-42(32-35-59(54)66-64(52)53)61-46-22-9-7-20-44(46)60(40-18-5-2-6-19-40)45-21-8-10-23-47(45)61/h1-38H. The molecule has 2 heterocycles.